The fourth-order valence-corrected chi connectivity index (χ4v) is 3.41. The SMILES string of the molecule is CSc1nc2cnc3ccccc3c2n1CC(C)(C)CNC(=O)O. The lowest BCUT2D eigenvalue weighted by atomic mass is 9.93. The molecule has 2 N–H and O–H groups in total. The molecule has 126 valence electrons. The number of benzene rings is 1. The molecule has 0 saturated heterocycles. The third-order valence-electron chi connectivity index (χ3n) is 3.93. The highest BCUT2D eigenvalue weighted by molar-refractivity contribution is 7.98. The largest absolute Gasteiger partial charge is 0.465 e. The first-order chi connectivity index (χ1) is 11.4. The standard InChI is InChI=1S/C17H20N4O2S/c1-17(2,9-19-16(22)23)10-21-14-11-6-4-5-7-12(11)18-8-13(14)20-15(21)24-3/h4-8,19H,9-10H2,1-3H3,(H,22,23). The Morgan fingerprint density at radius 3 is 2.79 bits per heavy atom. The van der Waals surface area contributed by atoms with Crippen molar-refractivity contribution in [2.24, 2.45) is 5.41 Å². The summed E-state index contributed by atoms with van der Waals surface area (Å²) in [6.07, 6.45) is 2.80. The quantitative estimate of drug-likeness (QED) is 0.691. The zero-order valence-electron chi connectivity index (χ0n) is 13.9. The van der Waals surface area contributed by atoms with E-state index >= 15 is 0 Å². The lowest BCUT2D eigenvalue weighted by Crippen LogP contribution is -2.35. The molecule has 7 heteroatoms. The summed E-state index contributed by atoms with van der Waals surface area (Å²) in [6.45, 7) is 5.12. The maximum absolute atomic E-state index is 10.8. The van der Waals surface area contributed by atoms with Crippen molar-refractivity contribution in [3.8, 4) is 0 Å². The van der Waals surface area contributed by atoms with Crippen LogP contribution in [0, 0.1) is 5.41 Å². The van der Waals surface area contributed by atoms with Gasteiger partial charge < -0.3 is 15.0 Å². The molecule has 3 aromatic rings. The average Bonchev–Trinajstić information content (AvgIpc) is 2.90. The summed E-state index contributed by atoms with van der Waals surface area (Å²) in [7, 11) is 0. The van der Waals surface area contributed by atoms with Gasteiger partial charge in [0.1, 0.15) is 5.52 Å². The van der Waals surface area contributed by atoms with Crippen LogP contribution in [0.5, 0.6) is 0 Å². The van der Waals surface area contributed by atoms with Crippen molar-refractivity contribution in [3.63, 3.8) is 0 Å². The van der Waals surface area contributed by atoms with Crippen molar-refractivity contribution in [3.05, 3.63) is 30.5 Å². The predicted octanol–water partition coefficient (Wildman–Crippen LogP) is 3.60. The smallest absolute Gasteiger partial charge is 0.404 e. The summed E-state index contributed by atoms with van der Waals surface area (Å²) in [4.78, 5) is 20.0. The Morgan fingerprint density at radius 2 is 2.08 bits per heavy atom. The molecule has 0 fully saturated rings. The first-order valence-electron chi connectivity index (χ1n) is 7.66. The second kappa shape index (κ2) is 6.32. The van der Waals surface area contributed by atoms with Crippen LogP contribution in [0.1, 0.15) is 13.8 Å². The third-order valence-corrected chi connectivity index (χ3v) is 4.61. The molecular formula is C17H20N4O2S. The van der Waals surface area contributed by atoms with Crippen LogP contribution in [-0.4, -0.2) is 38.5 Å². The number of nitrogens with one attached hydrogen (secondary N) is 1. The van der Waals surface area contributed by atoms with Crippen molar-refractivity contribution in [2.45, 2.75) is 25.5 Å². The van der Waals surface area contributed by atoms with E-state index in [1.54, 1.807) is 18.0 Å². The highest BCUT2D eigenvalue weighted by Crippen LogP contribution is 2.31. The minimum Gasteiger partial charge on any atom is -0.465 e. The second-order valence-electron chi connectivity index (χ2n) is 6.52. The van der Waals surface area contributed by atoms with E-state index in [9.17, 15) is 4.79 Å². The minimum absolute atomic E-state index is 0.249. The normalized spacial score (nSPS) is 12.0. The monoisotopic (exact) mass is 344 g/mol. The fraction of sp³-hybridized carbons (Fsp3) is 0.353. The molecule has 0 bridgehead atoms. The van der Waals surface area contributed by atoms with Crippen molar-refractivity contribution in [1.82, 2.24) is 19.9 Å². The number of rotatable bonds is 5. The number of para-hydroxylation sites is 1. The van der Waals surface area contributed by atoms with E-state index in [1.165, 1.54) is 0 Å². The van der Waals surface area contributed by atoms with Gasteiger partial charge in [-0.2, -0.15) is 0 Å². The number of thioether (sulfide) groups is 1. The number of pyridine rings is 1. The maximum Gasteiger partial charge on any atom is 0.404 e. The topological polar surface area (TPSA) is 80.0 Å². The van der Waals surface area contributed by atoms with Gasteiger partial charge in [-0.25, -0.2) is 9.78 Å². The number of hydrogen-bond acceptors (Lipinski definition) is 4. The molecule has 1 amide bonds. The summed E-state index contributed by atoms with van der Waals surface area (Å²) in [6, 6.07) is 8.01. The van der Waals surface area contributed by atoms with Gasteiger partial charge in [0.05, 0.1) is 17.2 Å². The van der Waals surface area contributed by atoms with E-state index < -0.39 is 6.09 Å². The minimum atomic E-state index is -1.00. The summed E-state index contributed by atoms with van der Waals surface area (Å²) < 4.78 is 2.17. The molecular weight excluding hydrogens is 324 g/mol. The van der Waals surface area contributed by atoms with Gasteiger partial charge in [0, 0.05) is 23.9 Å². The summed E-state index contributed by atoms with van der Waals surface area (Å²) in [5, 5.41) is 13.3. The molecule has 0 aliphatic rings. The van der Waals surface area contributed by atoms with E-state index in [-0.39, 0.29) is 5.41 Å². The zero-order valence-corrected chi connectivity index (χ0v) is 14.7. The third kappa shape index (κ3) is 3.17. The number of fused-ring (bicyclic) bond motifs is 3. The molecule has 0 atom stereocenters. The zero-order chi connectivity index (χ0) is 17.3. The van der Waals surface area contributed by atoms with Crippen LogP contribution in [0.3, 0.4) is 0 Å². The Bertz CT molecular complexity index is 904. The molecule has 2 heterocycles. The highest BCUT2D eigenvalue weighted by Gasteiger charge is 2.23. The fourth-order valence-electron chi connectivity index (χ4n) is 2.84. The number of hydrogen-bond donors (Lipinski definition) is 2. The van der Waals surface area contributed by atoms with Gasteiger partial charge in [-0.05, 0) is 12.3 Å². The Hall–Kier alpha value is -2.28. The van der Waals surface area contributed by atoms with E-state index in [2.05, 4.69) is 25.9 Å². The van der Waals surface area contributed by atoms with E-state index in [0.717, 1.165) is 27.1 Å². The molecule has 1 aromatic carbocycles. The number of imidazole rings is 1. The van der Waals surface area contributed by atoms with Crippen LogP contribution in [0.4, 0.5) is 4.79 Å². The van der Waals surface area contributed by atoms with Gasteiger partial charge in [-0.3, -0.25) is 4.98 Å². The molecule has 6 nitrogen and oxygen atoms in total. The molecule has 2 aromatic heterocycles. The van der Waals surface area contributed by atoms with Crippen molar-refractivity contribution >= 4 is 39.8 Å². The molecule has 0 aliphatic heterocycles. The van der Waals surface area contributed by atoms with Crippen molar-refractivity contribution in [2.75, 3.05) is 12.8 Å². The van der Waals surface area contributed by atoms with Crippen LogP contribution in [0.2, 0.25) is 0 Å². The number of amides is 1. The Morgan fingerprint density at radius 1 is 1.33 bits per heavy atom. The van der Waals surface area contributed by atoms with Gasteiger partial charge in [-0.15, -0.1) is 0 Å². The molecule has 0 spiro atoms. The van der Waals surface area contributed by atoms with Gasteiger partial charge in [0.25, 0.3) is 0 Å². The van der Waals surface area contributed by atoms with E-state index in [1.807, 2.05) is 38.3 Å². The van der Waals surface area contributed by atoms with Gasteiger partial charge in [-0.1, -0.05) is 43.8 Å². The summed E-state index contributed by atoms with van der Waals surface area (Å²) >= 11 is 1.58. The number of carbonyl (C=O) groups is 1. The number of nitrogens with zero attached hydrogens (tertiary/aromatic N) is 3. The second-order valence-corrected chi connectivity index (χ2v) is 7.29. The lowest BCUT2D eigenvalue weighted by Gasteiger charge is -2.26. The van der Waals surface area contributed by atoms with Crippen LogP contribution >= 0.6 is 11.8 Å². The van der Waals surface area contributed by atoms with Gasteiger partial charge in [0.15, 0.2) is 5.16 Å². The van der Waals surface area contributed by atoms with Crippen LogP contribution in [0.15, 0.2) is 35.6 Å². The molecule has 0 aliphatic carbocycles. The Balaban J connectivity index is 2.11. The average molecular weight is 344 g/mol. The van der Waals surface area contributed by atoms with Crippen LogP contribution in [-0.2, 0) is 6.54 Å². The molecule has 0 saturated carbocycles. The first kappa shape index (κ1) is 16.6. The Labute approximate surface area is 144 Å². The molecule has 0 radical (unpaired) electrons. The van der Waals surface area contributed by atoms with Crippen molar-refractivity contribution in [1.29, 1.82) is 0 Å². The first-order valence-corrected chi connectivity index (χ1v) is 8.88. The maximum atomic E-state index is 10.8. The number of carboxylic acid groups (broad SMARTS) is 1. The van der Waals surface area contributed by atoms with Crippen LogP contribution < -0.4 is 5.32 Å². The van der Waals surface area contributed by atoms with E-state index in [4.69, 9.17) is 5.11 Å². The molecule has 3 rings (SSSR count). The molecule has 24 heavy (non-hydrogen) atoms. The highest BCUT2D eigenvalue weighted by atomic mass is 32.2. The van der Waals surface area contributed by atoms with Gasteiger partial charge in [0.2, 0.25) is 0 Å². The van der Waals surface area contributed by atoms with Gasteiger partial charge >= 0.3 is 6.09 Å². The molecule has 0 unspecified atom stereocenters. The summed E-state index contributed by atoms with van der Waals surface area (Å²) in [5.41, 5.74) is 2.59. The summed E-state index contributed by atoms with van der Waals surface area (Å²) in [5.74, 6) is 0. The van der Waals surface area contributed by atoms with E-state index in [0.29, 0.717) is 13.1 Å². The van der Waals surface area contributed by atoms with Crippen molar-refractivity contribution < 1.29 is 9.90 Å². The Kier molecular flexibility index (Phi) is 4.36. The lowest BCUT2D eigenvalue weighted by molar-refractivity contribution is 0.185. The predicted molar refractivity (Wildman–Crippen MR) is 96.6 cm³/mol. The van der Waals surface area contributed by atoms with Crippen LogP contribution in [0.25, 0.3) is 21.9 Å². The number of aromatic nitrogens is 3.